The van der Waals surface area contributed by atoms with Crippen molar-refractivity contribution in [3.63, 3.8) is 0 Å². The molecule has 0 amide bonds. The summed E-state index contributed by atoms with van der Waals surface area (Å²) in [7, 11) is 0. The van der Waals surface area contributed by atoms with Crippen LogP contribution in [-0.4, -0.2) is 74.5 Å². The molecule has 3 aromatic carbocycles. The zero-order chi connectivity index (χ0) is 28.9. The summed E-state index contributed by atoms with van der Waals surface area (Å²) in [4.78, 5) is 32.9. The second-order valence-corrected chi connectivity index (χ2v) is 11.4. The van der Waals surface area contributed by atoms with Gasteiger partial charge in [0, 0.05) is 174 Å². The number of aromatic hydroxyl groups is 2. The number of aliphatic hydroxyl groups is 1. The van der Waals surface area contributed by atoms with Crippen LogP contribution < -0.4 is 15.1 Å². The van der Waals surface area contributed by atoms with E-state index in [1.165, 1.54) is 13.0 Å². The molecule has 2 aliphatic heterocycles. The molecule has 219 valence electrons. The third kappa shape index (κ3) is 6.28. The fourth-order valence-electron chi connectivity index (χ4n) is 5.92. The van der Waals surface area contributed by atoms with Crippen molar-refractivity contribution in [1.29, 1.82) is 0 Å². The van der Waals surface area contributed by atoms with Gasteiger partial charge in [0.15, 0.2) is 11.0 Å². The predicted molar refractivity (Wildman–Crippen MR) is 147 cm³/mol. The summed E-state index contributed by atoms with van der Waals surface area (Å²) in [5, 5.41) is 42.9. The molecule has 0 saturated carbocycles. The van der Waals surface area contributed by atoms with Gasteiger partial charge in [0.05, 0.1) is 24.0 Å². The Morgan fingerprint density at radius 1 is 1.09 bits per heavy atom. The number of benzene rings is 3. The molecule has 5 N–H and O–H groups in total. The number of phenolic OH excluding ortho intramolecular Hbond substituents is 2. The zero-order valence-corrected chi connectivity index (χ0v) is 38.5. The van der Waals surface area contributed by atoms with Gasteiger partial charge in [0.1, 0.15) is 53.5 Å². The van der Waals surface area contributed by atoms with Gasteiger partial charge in [0.2, 0.25) is 5.78 Å². The summed E-state index contributed by atoms with van der Waals surface area (Å²) in [6.45, 7) is 9.38. The number of nitrogens with one attached hydrogen (secondary N) is 1. The van der Waals surface area contributed by atoms with Crippen LogP contribution in [0.3, 0.4) is 0 Å². The number of hydrogen-bond acceptors (Lipinski definition) is 10. The van der Waals surface area contributed by atoms with Gasteiger partial charge in [-0.3, -0.25) is 9.59 Å². The number of Topliss-reactive ketones (excluding diaryl/α,β-unsaturated/α-hetero) is 1. The molecule has 1 unspecified atom stereocenters. The number of ketones is 1. The third-order valence-electron chi connectivity index (χ3n) is 7.85. The Bertz CT molecular complexity index is 1840. The average molecular weight is 1230 g/mol. The summed E-state index contributed by atoms with van der Waals surface area (Å²) < 4.78 is 11.4. The number of fused-ring (bicyclic) bond motifs is 6. The van der Waals surface area contributed by atoms with E-state index < -0.39 is 28.4 Å². The molecular formula is C28H30Ac3N4O8. The SMILES string of the molecule is Cc1c2c(c3c(c(O)c([NH-])c4oc5cc(N6CC[N+](O)(CC(C)C)CC6)cc(O)c5nc43)c1=O)C(=O)C(C)(O)O2.[Ac].[Ac].[Ac]. The first-order chi connectivity index (χ1) is 18.7. The first kappa shape index (κ1) is 37.7. The number of anilines is 1. The average Bonchev–Trinajstić information content (AvgIpc) is 3.12. The van der Waals surface area contributed by atoms with Crippen LogP contribution in [0.5, 0.6) is 17.2 Å². The minimum atomic E-state index is -2.24. The molecule has 1 fully saturated rings. The quantitative estimate of drug-likeness (QED) is 0.102. The number of carbonyl (C=O) groups is 1. The van der Waals surface area contributed by atoms with Crippen LogP contribution in [-0.2, 0) is 0 Å². The van der Waals surface area contributed by atoms with Gasteiger partial charge in [-0.2, -0.15) is 4.65 Å². The van der Waals surface area contributed by atoms with Crippen LogP contribution in [0.4, 0.5) is 11.4 Å². The molecule has 1 aromatic heterocycles. The van der Waals surface area contributed by atoms with Crippen molar-refractivity contribution in [1.82, 2.24) is 4.98 Å². The maximum Gasteiger partial charge on any atom is 0.270 e. The van der Waals surface area contributed by atoms with Crippen molar-refractivity contribution < 1.29 is 171 Å². The van der Waals surface area contributed by atoms with Crippen LogP contribution in [0.25, 0.3) is 38.7 Å². The Morgan fingerprint density at radius 3 is 2.33 bits per heavy atom. The smallest absolute Gasteiger partial charge is 0.270 e. The second kappa shape index (κ2) is 13.4. The number of nitrogens with zero attached hydrogens (tertiary/aromatic N) is 3. The van der Waals surface area contributed by atoms with Crippen molar-refractivity contribution in [2.45, 2.75) is 33.5 Å². The van der Waals surface area contributed by atoms with E-state index in [-0.39, 0.29) is 192 Å². The molecule has 0 aliphatic carbocycles. The Labute approximate surface area is 354 Å². The van der Waals surface area contributed by atoms with E-state index in [2.05, 4.69) is 18.8 Å². The maximum atomic E-state index is 13.2. The van der Waals surface area contributed by atoms with Gasteiger partial charge >= 0.3 is 0 Å². The summed E-state index contributed by atoms with van der Waals surface area (Å²) >= 11 is 0. The van der Waals surface area contributed by atoms with Crippen molar-refractivity contribution in [3.05, 3.63) is 39.2 Å². The van der Waals surface area contributed by atoms with Crippen LogP contribution in [0.1, 0.15) is 36.7 Å². The van der Waals surface area contributed by atoms with Gasteiger partial charge in [-0.05, 0) is 6.92 Å². The summed E-state index contributed by atoms with van der Waals surface area (Å²) in [6.07, 6.45) is 0. The number of hydrogen-bond donors (Lipinski definition) is 4. The summed E-state index contributed by atoms with van der Waals surface area (Å²) in [5.41, 5.74) is 7.64. The van der Waals surface area contributed by atoms with Crippen LogP contribution in [0.2, 0.25) is 0 Å². The van der Waals surface area contributed by atoms with Crippen LogP contribution in [0.15, 0.2) is 21.3 Å². The van der Waals surface area contributed by atoms with Crippen molar-refractivity contribution in [3.8, 4) is 17.2 Å². The molecular weight excluding hydrogens is 1200 g/mol. The monoisotopic (exact) mass is 1230 g/mol. The van der Waals surface area contributed by atoms with Crippen LogP contribution >= 0.6 is 0 Å². The Morgan fingerprint density at radius 2 is 1.72 bits per heavy atom. The Kier molecular flexibility index (Phi) is 11.7. The molecule has 15 heteroatoms. The molecule has 6 rings (SSSR count). The third-order valence-corrected chi connectivity index (χ3v) is 7.85. The summed E-state index contributed by atoms with van der Waals surface area (Å²) in [6, 6.07) is 3.17. The molecule has 0 bridgehead atoms. The van der Waals surface area contributed by atoms with E-state index in [0.717, 1.165) is 6.92 Å². The van der Waals surface area contributed by atoms with Crippen LogP contribution in [0, 0.1) is 145 Å². The molecule has 0 spiro atoms. The Hall–Kier alpha value is 0.195. The molecule has 2 aliphatic rings. The molecule has 12 nitrogen and oxygen atoms in total. The van der Waals surface area contributed by atoms with Crippen molar-refractivity contribution in [2.24, 2.45) is 5.92 Å². The van der Waals surface area contributed by atoms with Gasteiger partial charge in [-0.25, -0.2) is 10.2 Å². The van der Waals surface area contributed by atoms with E-state index in [9.17, 15) is 30.1 Å². The number of rotatable bonds is 3. The van der Waals surface area contributed by atoms with Gasteiger partial charge in [-0.15, -0.1) is 0 Å². The normalized spacial score (nSPS) is 19.1. The van der Waals surface area contributed by atoms with Crippen molar-refractivity contribution >= 4 is 50.1 Å². The minimum absolute atomic E-state index is 0. The molecule has 43 heavy (non-hydrogen) atoms. The fourth-order valence-corrected chi connectivity index (χ4v) is 5.92. The van der Waals surface area contributed by atoms with Gasteiger partial charge < -0.3 is 35.1 Å². The molecule has 3 radical (unpaired) electrons. The molecule has 1 saturated heterocycles. The number of phenols is 2. The molecule has 1 atom stereocenters. The minimum Gasteiger partial charge on any atom is -0.693 e. The van der Waals surface area contributed by atoms with E-state index in [1.54, 1.807) is 6.07 Å². The van der Waals surface area contributed by atoms with Gasteiger partial charge in [0.25, 0.3) is 5.79 Å². The molecule has 3 heterocycles. The second-order valence-electron chi connectivity index (χ2n) is 11.4. The number of ether oxygens (including phenoxy) is 1. The maximum absolute atomic E-state index is 13.2. The largest absolute Gasteiger partial charge is 0.693 e. The standard InChI is InChI=1S/C28H30N4O8.3Ac/c1-12(2)11-32(38)7-5-31(6-8-32)14-9-15(33)21-16(10-14)39-26-20(29)24(35)18-17(22(26)30-21)19-25(13(3)23(18)34)40-28(4,37)27(19)36;;;/h9-10,12,37-38H,5-8,11H2,1-4H3,(H3-,29,30,33,34,35,36);;;. The Balaban J connectivity index is 0.00000169. The zero-order valence-electron chi connectivity index (χ0n) is 24.3. The first-order valence-corrected chi connectivity index (χ1v) is 13.1. The predicted octanol–water partition coefficient (Wildman–Crippen LogP) is 3.86. The first-order valence-electron chi connectivity index (χ1n) is 13.1. The molecule has 4 aromatic rings. The van der Waals surface area contributed by atoms with E-state index >= 15 is 0 Å². The fraction of sp³-hybridized carbons (Fsp3) is 0.393. The number of piperazine rings is 1. The topological polar surface area (TPSA) is 177 Å². The van der Waals surface area contributed by atoms with E-state index in [0.29, 0.717) is 44.3 Å². The van der Waals surface area contributed by atoms with E-state index in [4.69, 9.17) is 14.9 Å². The number of hydroxylamine groups is 3. The number of quaternary nitrogens is 1. The number of aromatic nitrogens is 1. The van der Waals surface area contributed by atoms with Crippen molar-refractivity contribution in [2.75, 3.05) is 37.6 Å². The number of carbonyl (C=O) groups excluding carboxylic acids is 1. The summed E-state index contributed by atoms with van der Waals surface area (Å²) in [5.74, 6) is -3.80. The van der Waals surface area contributed by atoms with E-state index in [1.807, 2.05) is 4.90 Å². The van der Waals surface area contributed by atoms with Gasteiger partial charge in [-0.1, -0.05) is 19.5 Å².